The van der Waals surface area contributed by atoms with Crippen molar-refractivity contribution in [2.45, 2.75) is 26.8 Å². The fourth-order valence-electron chi connectivity index (χ4n) is 3.82. The Balaban J connectivity index is 2.35. The minimum Gasteiger partial charge on any atom is -0.397 e. The average molecular weight is 540 g/mol. The van der Waals surface area contributed by atoms with Crippen molar-refractivity contribution in [1.82, 2.24) is 10.2 Å². The molecule has 3 N–H and O–H groups in total. The van der Waals surface area contributed by atoms with Gasteiger partial charge in [-0.1, -0.05) is 81.8 Å². The monoisotopic (exact) mass is 539 g/mol. The number of aliphatic imine (C=N–C) groups is 1. The van der Waals surface area contributed by atoms with Gasteiger partial charge in [0.25, 0.3) is 0 Å². The number of anilines is 1. The normalized spacial score (nSPS) is 12.3. The molecule has 0 radical (unpaired) electrons. The van der Waals surface area contributed by atoms with Gasteiger partial charge in [-0.3, -0.25) is 4.99 Å². The van der Waals surface area contributed by atoms with E-state index in [-0.39, 0.29) is 5.82 Å². The third kappa shape index (κ3) is 9.02. The second-order valence-electron chi connectivity index (χ2n) is 9.64. The van der Waals surface area contributed by atoms with Crippen LogP contribution >= 0.6 is 0 Å². The van der Waals surface area contributed by atoms with Crippen LogP contribution in [-0.2, 0) is 6.54 Å². The minimum atomic E-state index is -0.248. The zero-order valence-corrected chi connectivity index (χ0v) is 24.5. The summed E-state index contributed by atoms with van der Waals surface area (Å²) < 4.78 is 14.4. The molecule has 0 aliphatic heterocycles. The maximum Gasteiger partial charge on any atom is 0.128 e. The van der Waals surface area contributed by atoms with E-state index in [1.54, 1.807) is 18.3 Å². The first-order valence-corrected chi connectivity index (χ1v) is 13.1. The Morgan fingerprint density at radius 2 is 1.65 bits per heavy atom. The van der Waals surface area contributed by atoms with Crippen LogP contribution in [0.25, 0.3) is 5.70 Å². The molecule has 0 aliphatic carbocycles. The molecule has 5 nitrogen and oxygen atoms in total. The lowest BCUT2D eigenvalue weighted by Gasteiger charge is -2.24. The summed E-state index contributed by atoms with van der Waals surface area (Å²) >= 11 is 0. The first kappa shape index (κ1) is 31.6. The molecule has 0 bridgehead atoms. The number of allylic oxidation sites excluding steroid dienone is 4. The number of nitrogens with two attached hydrogens (primary N) is 1. The third-order valence-electron chi connectivity index (χ3n) is 6.17. The fraction of sp³-hybridized carbons (Fsp3) is 0.206. The standard InChI is InChI=1S/C34H42FN5/c1-10-11-16-24(2)34(40(9)23-29-17-12-14-19-31(29)35)21-25(3)27(5)37-22-32(26(4)36)38-28(6)30-18-13-15-20-33(30)39(7)8/h11-22,38H,2-4,6,10,23,36H2,1,5,7-9H3/b16-11-,32-22+,34-21-,37-27+. The second kappa shape index (κ2) is 15.1. The van der Waals surface area contributed by atoms with E-state index in [2.05, 4.69) is 43.5 Å². The molecule has 210 valence electrons. The zero-order valence-electron chi connectivity index (χ0n) is 24.5. The Bertz CT molecular complexity index is 1370. The Labute approximate surface area is 239 Å². The van der Waals surface area contributed by atoms with Gasteiger partial charge in [-0.15, -0.1) is 0 Å². The van der Waals surface area contributed by atoms with Gasteiger partial charge in [-0.2, -0.15) is 0 Å². The van der Waals surface area contributed by atoms with Gasteiger partial charge in [-0.25, -0.2) is 4.39 Å². The Kier molecular flexibility index (Phi) is 12.0. The van der Waals surface area contributed by atoms with Gasteiger partial charge >= 0.3 is 0 Å². The number of hydrogen-bond donors (Lipinski definition) is 2. The highest BCUT2D eigenvalue weighted by Crippen LogP contribution is 2.24. The molecule has 0 spiro atoms. The van der Waals surface area contributed by atoms with E-state index >= 15 is 0 Å². The van der Waals surface area contributed by atoms with Crippen molar-refractivity contribution in [1.29, 1.82) is 0 Å². The highest BCUT2D eigenvalue weighted by molar-refractivity contribution is 6.00. The maximum atomic E-state index is 14.4. The first-order valence-electron chi connectivity index (χ1n) is 13.1. The number of para-hydroxylation sites is 1. The molecule has 6 heteroatoms. The molecule has 40 heavy (non-hydrogen) atoms. The van der Waals surface area contributed by atoms with Crippen LogP contribution in [0.15, 0.2) is 133 Å². The van der Waals surface area contributed by atoms with E-state index < -0.39 is 0 Å². The molecule has 2 aromatic carbocycles. The summed E-state index contributed by atoms with van der Waals surface area (Å²) in [7, 11) is 5.86. The Morgan fingerprint density at radius 3 is 2.27 bits per heavy atom. The summed E-state index contributed by atoms with van der Waals surface area (Å²) in [4.78, 5) is 8.59. The van der Waals surface area contributed by atoms with Crippen molar-refractivity contribution in [3.05, 3.63) is 144 Å². The third-order valence-corrected chi connectivity index (χ3v) is 6.17. The number of nitrogens with zero attached hydrogens (tertiary/aromatic N) is 3. The van der Waals surface area contributed by atoms with Crippen LogP contribution < -0.4 is 16.0 Å². The van der Waals surface area contributed by atoms with Gasteiger partial charge in [0, 0.05) is 67.3 Å². The molecule has 0 saturated carbocycles. The lowest BCUT2D eigenvalue weighted by molar-refractivity contribution is 0.409. The van der Waals surface area contributed by atoms with Crippen molar-refractivity contribution in [2.75, 3.05) is 26.0 Å². The van der Waals surface area contributed by atoms with Crippen molar-refractivity contribution >= 4 is 17.1 Å². The number of halogens is 1. The number of benzene rings is 2. The summed E-state index contributed by atoms with van der Waals surface area (Å²) in [5, 5.41) is 3.25. The minimum absolute atomic E-state index is 0.248. The molecular formula is C34H42FN5. The van der Waals surface area contributed by atoms with Gasteiger partial charge in [0.15, 0.2) is 0 Å². The molecule has 2 aromatic rings. The number of rotatable bonds is 14. The second-order valence-corrected chi connectivity index (χ2v) is 9.64. The van der Waals surface area contributed by atoms with Crippen LogP contribution in [0.2, 0.25) is 0 Å². The van der Waals surface area contributed by atoms with Gasteiger partial charge in [-0.05, 0) is 42.7 Å². The van der Waals surface area contributed by atoms with Gasteiger partial charge in [0.1, 0.15) is 5.82 Å². The van der Waals surface area contributed by atoms with Crippen LogP contribution in [0, 0.1) is 5.82 Å². The average Bonchev–Trinajstić information content (AvgIpc) is 2.92. The number of likely N-dealkylation sites (N-methyl/N-ethyl adjacent to an activating group) is 1. The van der Waals surface area contributed by atoms with E-state index in [0.717, 1.165) is 28.9 Å². The molecule has 0 heterocycles. The number of hydrogen-bond acceptors (Lipinski definition) is 5. The number of nitrogens with one attached hydrogen (secondary N) is 1. The van der Waals surface area contributed by atoms with Crippen LogP contribution in [0.4, 0.5) is 10.1 Å². The maximum absolute atomic E-state index is 14.4. The lowest BCUT2D eigenvalue weighted by Crippen LogP contribution is -2.19. The fourth-order valence-corrected chi connectivity index (χ4v) is 3.82. The van der Waals surface area contributed by atoms with Crippen LogP contribution in [0.5, 0.6) is 0 Å². The largest absolute Gasteiger partial charge is 0.397 e. The molecule has 0 atom stereocenters. The van der Waals surface area contributed by atoms with Crippen molar-refractivity contribution in [3.8, 4) is 0 Å². The zero-order chi connectivity index (χ0) is 29.8. The topological polar surface area (TPSA) is 56.9 Å². The first-order chi connectivity index (χ1) is 19.0. The highest BCUT2D eigenvalue weighted by Gasteiger charge is 2.12. The van der Waals surface area contributed by atoms with E-state index in [4.69, 9.17) is 5.73 Å². The quantitative estimate of drug-likeness (QED) is 0.195. The molecule has 0 aromatic heterocycles. The Hall–Kier alpha value is -4.58. The van der Waals surface area contributed by atoms with Crippen LogP contribution in [0.3, 0.4) is 0 Å². The van der Waals surface area contributed by atoms with Gasteiger partial charge in [0.05, 0.1) is 11.9 Å². The van der Waals surface area contributed by atoms with Crippen molar-refractivity contribution in [3.63, 3.8) is 0 Å². The molecule has 0 unspecified atom stereocenters. The predicted octanol–water partition coefficient (Wildman–Crippen LogP) is 7.32. The molecule has 2 rings (SSSR count). The summed E-state index contributed by atoms with van der Waals surface area (Å²) in [6.07, 6.45) is 8.40. The molecular weight excluding hydrogens is 497 g/mol. The van der Waals surface area contributed by atoms with E-state index in [1.165, 1.54) is 6.07 Å². The molecule has 0 fully saturated rings. The summed E-state index contributed by atoms with van der Waals surface area (Å²) in [6.45, 7) is 20.8. The van der Waals surface area contributed by atoms with Crippen molar-refractivity contribution in [2.24, 2.45) is 10.7 Å². The smallest absolute Gasteiger partial charge is 0.128 e. The van der Waals surface area contributed by atoms with Crippen molar-refractivity contribution < 1.29 is 4.39 Å². The van der Waals surface area contributed by atoms with Gasteiger partial charge in [0.2, 0.25) is 0 Å². The Morgan fingerprint density at radius 1 is 1.00 bits per heavy atom. The predicted molar refractivity (Wildman–Crippen MR) is 171 cm³/mol. The molecule has 0 aliphatic rings. The van der Waals surface area contributed by atoms with Crippen LogP contribution in [0.1, 0.15) is 31.4 Å². The van der Waals surface area contributed by atoms with Gasteiger partial charge < -0.3 is 20.9 Å². The van der Waals surface area contributed by atoms with E-state index in [0.29, 0.717) is 40.5 Å². The van der Waals surface area contributed by atoms with E-state index in [9.17, 15) is 4.39 Å². The summed E-state index contributed by atoms with van der Waals surface area (Å²) in [5.74, 6) is -0.248. The molecule has 0 saturated heterocycles. The SMILES string of the molecule is C=C(/C=C\CC)/C(=C/C(=C)/C(C)=N/C=C(/NC(=C)c1ccccc1N(C)C)C(=C)N)N(C)Cc1ccccc1F. The summed E-state index contributed by atoms with van der Waals surface area (Å²) in [5.41, 5.74) is 13.1. The van der Waals surface area contributed by atoms with E-state index in [1.807, 2.05) is 86.4 Å². The van der Waals surface area contributed by atoms with Crippen LogP contribution in [-0.4, -0.2) is 31.8 Å². The lowest BCUT2D eigenvalue weighted by atomic mass is 10.1. The molecule has 0 amide bonds. The highest BCUT2D eigenvalue weighted by atomic mass is 19.1. The summed E-state index contributed by atoms with van der Waals surface area (Å²) in [6, 6.07) is 14.7.